The Bertz CT molecular complexity index is 1530. The fourth-order valence-electron chi connectivity index (χ4n) is 3.91. The molecule has 0 radical (unpaired) electrons. The van der Waals surface area contributed by atoms with Crippen molar-refractivity contribution in [1.82, 2.24) is 10.7 Å². The summed E-state index contributed by atoms with van der Waals surface area (Å²) in [5.41, 5.74) is 4.29. The second kappa shape index (κ2) is 10.7. The van der Waals surface area contributed by atoms with E-state index in [1.54, 1.807) is 55.7 Å². The van der Waals surface area contributed by atoms with Crippen LogP contribution in [0.2, 0.25) is 0 Å². The zero-order chi connectivity index (χ0) is 25.6. The van der Waals surface area contributed by atoms with E-state index >= 15 is 0 Å². The lowest BCUT2D eigenvalue weighted by Gasteiger charge is -2.10. The summed E-state index contributed by atoms with van der Waals surface area (Å²) in [5, 5.41) is 8.78. The predicted octanol–water partition coefficient (Wildman–Crippen LogP) is 4.50. The minimum Gasteiger partial charge on any atom is -0.496 e. The van der Waals surface area contributed by atoms with E-state index < -0.39 is 11.8 Å². The minimum absolute atomic E-state index is 0.00903. The van der Waals surface area contributed by atoms with Crippen molar-refractivity contribution in [3.8, 4) is 17.2 Å². The van der Waals surface area contributed by atoms with E-state index in [9.17, 15) is 9.59 Å². The number of carbonyl (C=O) groups is 2. The number of benzene rings is 4. The Morgan fingerprint density at radius 3 is 2.54 bits per heavy atom. The summed E-state index contributed by atoms with van der Waals surface area (Å²) in [7, 11) is 1.57. The first kappa shape index (κ1) is 23.6. The molecule has 8 heteroatoms. The van der Waals surface area contributed by atoms with Crippen molar-refractivity contribution in [3.05, 3.63) is 107 Å². The lowest BCUT2D eigenvalue weighted by molar-refractivity contribution is -0.117. The topological polar surface area (TPSA) is 98.2 Å². The van der Waals surface area contributed by atoms with Crippen LogP contribution in [-0.4, -0.2) is 31.9 Å². The largest absolute Gasteiger partial charge is 0.496 e. The van der Waals surface area contributed by atoms with Crippen LogP contribution in [0.4, 0.5) is 0 Å². The van der Waals surface area contributed by atoms with Gasteiger partial charge in [0.15, 0.2) is 11.5 Å². The Labute approximate surface area is 213 Å². The fourth-order valence-corrected chi connectivity index (χ4v) is 3.91. The van der Waals surface area contributed by atoms with Gasteiger partial charge in [0.1, 0.15) is 11.4 Å². The van der Waals surface area contributed by atoms with Gasteiger partial charge in [-0.1, -0.05) is 54.6 Å². The summed E-state index contributed by atoms with van der Waals surface area (Å²) in [4.78, 5) is 26.0. The highest BCUT2D eigenvalue weighted by Gasteiger charge is 2.17. The molecule has 184 valence electrons. The monoisotopic (exact) mass is 493 g/mol. The van der Waals surface area contributed by atoms with Gasteiger partial charge >= 0.3 is 0 Å². The quantitative estimate of drug-likeness (QED) is 0.224. The number of methoxy groups -OCH3 is 1. The Morgan fingerprint density at radius 1 is 0.919 bits per heavy atom. The molecule has 0 aliphatic carbocycles. The summed E-state index contributed by atoms with van der Waals surface area (Å²) in [5.74, 6) is 0.763. The number of ether oxygens (including phenoxy) is 3. The van der Waals surface area contributed by atoms with Crippen LogP contribution >= 0.6 is 0 Å². The van der Waals surface area contributed by atoms with E-state index in [-0.39, 0.29) is 12.5 Å². The molecule has 1 heterocycles. The van der Waals surface area contributed by atoms with Gasteiger partial charge in [-0.25, -0.2) is 5.43 Å². The van der Waals surface area contributed by atoms with Crippen LogP contribution < -0.4 is 25.0 Å². The molecule has 0 bridgehead atoms. The Morgan fingerprint density at radius 2 is 1.70 bits per heavy atom. The van der Waals surface area contributed by atoms with Gasteiger partial charge in [0, 0.05) is 11.1 Å². The molecule has 0 saturated heterocycles. The number of carbonyl (C=O) groups excluding carboxylic acids is 2. The number of nitrogens with one attached hydrogen (secondary N) is 2. The van der Waals surface area contributed by atoms with Crippen LogP contribution in [0.5, 0.6) is 17.2 Å². The molecule has 8 nitrogen and oxygen atoms in total. The third-order valence-electron chi connectivity index (χ3n) is 5.75. The van der Waals surface area contributed by atoms with Gasteiger partial charge in [0.2, 0.25) is 6.79 Å². The van der Waals surface area contributed by atoms with Crippen LogP contribution in [-0.2, 0) is 4.79 Å². The highest BCUT2D eigenvalue weighted by molar-refractivity contribution is 6.06. The molecular formula is C29H23N3O5. The molecule has 2 N–H and O–H groups in total. The maximum absolute atomic E-state index is 13.2. The SMILES string of the molecule is COc1ccc2ccccc2c1/C=N\NC(=O)/C(=C/c1ccc2c(c1)OCO2)NC(=O)c1ccccc1. The standard InChI is InChI=1S/C29H23N3O5/c1-35-25-14-12-20-7-5-6-10-22(20)23(25)17-30-32-29(34)24(31-28(33)21-8-3-2-4-9-21)15-19-11-13-26-27(16-19)37-18-36-26/h2-17H,18H2,1H3,(H,31,33)(H,32,34)/b24-15-,30-17-. The second-order valence-corrected chi connectivity index (χ2v) is 8.09. The van der Waals surface area contributed by atoms with Gasteiger partial charge in [-0.3, -0.25) is 9.59 Å². The van der Waals surface area contributed by atoms with Gasteiger partial charge < -0.3 is 19.5 Å². The van der Waals surface area contributed by atoms with E-state index in [1.807, 2.05) is 42.5 Å². The lowest BCUT2D eigenvalue weighted by Crippen LogP contribution is -2.32. The van der Waals surface area contributed by atoms with Gasteiger partial charge in [0.05, 0.1) is 13.3 Å². The van der Waals surface area contributed by atoms with Crippen molar-refractivity contribution in [2.75, 3.05) is 13.9 Å². The first-order valence-electron chi connectivity index (χ1n) is 11.5. The maximum atomic E-state index is 13.2. The molecule has 0 fully saturated rings. The summed E-state index contributed by atoms with van der Waals surface area (Å²) in [6.07, 6.45) is 3.07. The molecular weight excluding hydrogens is 470 g/mol. The zero-order valence-electron chi connectivity index (χ0n) is 19.9. The molecule has 37 heavy (non-hydrogen) atoms. The first-order valence-corrected chi connectivity index (χ1v) is 11.5. The third kappa shape index (κ3) is 5.28. The summed E-state index contributed by atoms with van der Waals surface area (Å²) >= 11 is 0. The number of hydrazone groups is 1. The number of hydrogen-bond acceptors (Lipinski definition) is 6. The molecule has 0 aromatic heterocycles. The number of fused-ring (bicyclic) bond motifs is 2. The van der Waals surface area contributed by atoms with Gasteiger partial charge in [-0.2, -0.15) is 5.10 Å². The van der Waals surface area contributed by atoms with Crippen molar-refractivity contribution in [1.29, 1.82) is 0 Å². The van der Waals surface area contributed by atoms with Crippen LogP contribution in [0, 0.1) is 0 Å². The predicted molar refractivity (Wildman–Crippen MR) is 141 cm³/mol. The van der Waals surface area contributed by atoms with Crippen LogP contribution in [0.15, 0.2) is 95.7 Å². The first-order chi connectivity index (χ1) is 18.1. The number of amides is 2. The van der Waals surface area contributed by atoms with Crippen LogP contribution in [0.1, 0.15) is 21.5 Å². The number of hydrogen-bond donors (Lipinski definition) is 2. The molecule has 1 aliphatic heterocycles. The molecule has 0 unspecified atom stereocenters. The van der Waals surface area contributed by atoms with Crippen molar-refractivity contribution < 1.29 is 23.8 Å². The molecule has 0 saturated carbocycles. The fraction of sp³-hybridized carbons (Fsp3) is 0.0690. The molecule has 2 amide bonds. The number of nitrogens with zero attached hydrogens (tertiary/aromatic N) is 1. The average molecular weight is 494 g/mol. The Balaban J connectivity index is 1.42. The van der Waals surface area contributed by atoms with E-state index in [4.69, 9.17) is 14.2 Å². The van der Waals surface area contributed by atoms with Crippen molar-refractivity contribution in [3.63, 3.8) is 0 Å². The Hall–Kier alpha value is -5.11. The van der Waals surface area contributed by atoms with Crippen LogP contribution in [0.3, 0.4) is 0 Å². The smallest absolute Gasteiger partial charge is 0.287 e. The summed E-state index contributed by atoms with van der Waals surface area (Å²) < 4.78 is 16.3. The van der Waals surface area contributed by atoms with E-state index in [0.29, 0.717) is 28.4 Å². The second-order valence-electron chi connectivity index (χ2n) is 8.09. The molecule has 0 atom stereocenters. The van der Waals surface area contributed by atoms with Gasteiger partial charge in [0.25, 0.3) is 11.8 Å². The highest BCUT2D eigenvalue weighted by atomic mass is 16.7. The molecule has 1 aliphatic rings. The minimum atomic E-state index is -0.600. The lowest BCUT2D eigenvalue weighted by atomic mass is 10.0. The number of rotatable bonds is 7. The van der Waals surface area contributed by atoms with Crippen molar-refractivity contribution in [2.45, 2.75) is 0 Å². The van der Waals surface area contributed by atoms with E-state index in [2.05, 4.69) is 15.8 Å². The summed E-state index contributed by atoms with van der Waals surface area (Å²) in [6.45, 7) is 0.132. The van der Waals surface area contributed by atoms with Crippen molar-refractivity contribution in [2.24, 2.45) is 5.10 Å². The average Bonchev–Trinajstić information content (AvgIpc) is 3.41. The van der Waals surface area contributed by atoms with E-state index in [1.165, 1.54) is 6.21 Å². The van der Waals surface area contributed by atoms with Crippen LogP contribution in [0.25, 0.3) is 16.8 Å². The maximum Gasteiger partial charge on any atom is 0.287 e. The summed E-state index contributed by atoms with van der Waals surface area (Å²) in [6, 6.07) is 25.5. The Kier molecular flexibility index (Phi) is 6.80. The molecule has 0 spiro atoms. The molecule has 4 aromatic carbocycles. The molecule has 4 aromatic rings. The zero-order valence-corrected chi connectivity index (χ0v) is 19.9. The van der Waals surface area contributed by atoms with Gasteiger partial charge in [-0.05, 0) is 52.7 Å². The van der Waals surface area contributed by atoms with E-state index in [0.717, 1.165) is 16.3 Å². The molecule has 5 rings (SSSR count). The highest BCUT2D eigenvalue weighted by Crippen LogP contribution is 2.33. The van der Waals surface area contributed by atoms with Gasteiger partial charge in [-0.15, -0.1) is 0 Å². The normalized spacial score (nSPS) is 12.5. The third-order valence-corrected chi connectivity index (χ3v) is 5.75. The van der Waals surface area contributed by atoms with Crippen molar-refractivity contribution >= 4 is 34.9 Å².